The molecule has 0 saturated heterocycles. The molecule has 0 bridgehead atoms. The van der Waals surface area contributed by atoms with Gasteiger partial charge < -0.3 is 4.98 Å². The number of rotatable bonds is 4. The molecule has 6 heteroatoms. The number of halogens is 2. The number of aryl methyl sites for hydroxylation is 1. The monoisotopic (exact) mass is 450 g/mol. The Hall–Kier alpha value is -0.340. The number of aromatic nitrogens is 2. The van der Waals surface area contributed by atoms with Crippen LogP contribution in [0.4, 0.5) is 0 Å². The topological polar surface area (TPSA) is 45.8 Å². The zero-order chi connectivity index (χ0) is 13.8. The van der Waals surface area contributed by atoms with Crippen molar-refractivity contribution in [2.45, 2.75) is 24.0 Å². The van der Waals surface area contributed by atoms with E-state index in [1.165, 1.54) is 0 Å². The van der Waals surface area contributed by atoms with Gasteiger partial charge in [0.05, 0.1) is 15.0 Å². The van der Waals surface area contributed by atoms with Crippen molar-refractivity contribution in [2.75, 3.05) is 0 Å². The Balaban J connectivity index is 2.13. The quantitative estimate of drug-likeness (QED) is 0.565. The maximum Gasteiger partial charge on any atom is 0.264 e. The lowest BCUT2D eigenvalue weighted by Gasteiger charge is -2.05. The van der Waals surface area contributed by atoms with E-state index in [0.717, 1.165) is 27.3 Å². The summed E-state index contributed by atoms with van der Waals surface area (Å²) in [5, 5.41) is 0. The highest BCUT2D eigenvalue weighted by molar-refractivity contribution is 14.1. The second-order valence-electron chi connectivity index (χ2n) is 3.87. The zero-order valence-corrected chi connectivity index (χ0v) is 14.8. The normalized spacial score (nSPS) is 10.7. The number of benzene rings is 1. The minimum Gasteiger partial charge on any atom is -0.309 e. The average Bonchev–Trinajstić information content (AvgIpc) is 2.41. The highest BCUT2D eigenvalue weighted by Gasteiger charge is 2.07. The van der Waals surface area contributed by atoms with Gasteiger partial charge in [0.25, 0.3) is 5.56 Å². The van der Waals surface area contributed by atoms with Crippen molar-refractivity contribution in [3.05, 3.63) is 54.2 Å². The van der Waals surface area contributed by atoms with E-state index >= 15 is 0 Å². The van der Waals surface area contributed by atoms with Gasteiger partial charge in [-0.1, -0.05) is 22.9 Å². The SMILES string of the molecule is CCc1nc(CSc2ccc(Br)cc2)[nH]c(=O)c1I. The van der Waals surface area contributed by atoms with E-state index in [-0.39, 0.29) is 5.56 Å². The van der Waals surface area contributed by atoms with Crippen LogP contribution in [-0.2, 0) is 12.2 Å². The van der Waals surface area contributed by atoms with E-state index in [0.29, 0.717) is 9.32 Å². The predicted octanol–water partition coefficient (Wildman–Crippen LogP) is 3.99. The van der Waals surface area contributed by atoms with Crippen molar-refractivity contribution < 1.29 is 0 Å². The Kier molecular flexibility index (Phi) is 5.47. The summed E-state index contributed by atoms with van der Waals surface area (Å²) >= 11 is 7.11. The summed E-state index contributed by atoms with van der Waals surface area (Å²) in [6.07, 6.45) is 0.776. The van der Waals surface area contributed by atoms with Gasteiger partial charge >= 0.3 is 0 Å². The number of hydrogen-bond donors (Lipinski definition) is 1. The number of nitrogens with one attached hydrogen (secondary N) is 1. The van der Waals surface area contributed by atoms with Crippen molar-refractivity contribution in [2.24, 2.45) is 0 Å². The van der Waals surface area contributed by atoms with Gasteiger partial charge in [-0.3, -0.25) is 4.79 Å². The second kappa shape index (κ2) is 6.90. The number of nitrogens with zero attached hydrogens (tertiary/aromatic N) is 1. The first kappa shape index (κ1) is 15.1. The molecular formula is C13H12BrIN2OS. The summed E-state index contributed by atoms with van der Waals surface area (Å²) in [6.45, 7) is 2.01. The average molecular weight is 451 g/mol. The fraction of sp³-hybridized carbons (Fsp3) is 0.231. The fourth-order valence-corrected chi connectivity index (χ4v) is 3.21. The molecule has 1 N–H and O–H groups in total. The van der Waals surface area contributed by atoms with Gasteiger partial charge in [0, 0.05) is 9.37 Å². The molecule has 3 nitrogen and oxygen atoms in total. The fourth-order valence-electron chi connectivity index (χ4n) is 1.54. The van der Waals surface area contributed by atoms with Crippen LogP contribution in [0.25, 0.3) is 0 Å². The molecule has 19 heavy (non-hydrogen) atoms. The van der Waals surface area contributed by atoms with Crippen molar-refractivity contribution in [3.63, 3.8) is 0 Å². The molecule has 0 aliphatic carbocycles. The summed E-state index contributed by atoms with van der Waals surface area (Å²) in [6, 6.07) is 8.09. The first-order chi connectivity index (χ1) is 9.10. The Morgan fingerprint density at radius 3 is 2.68 bits per heavy atom. The maximum atomic E-state index is 11.8. The molecule has 1 aromatic carbocycles. The molecule has 1 heterocycles. The van der Waals surface area contributed by atoms with Crippen LogP contribution in [-0.4, -0.2) is 9.97 Å². The van der Waals surface area contributed by atoms with Crippen molar-refractivity contribution in [1.82, 2.24) is 9.97 Å². The molecule has 0 saturated carbocycles. The molecule has 0 spiro atoms. The first-order valence-electron chi connectivity index (χ1n) is 5.76. The molecule has 0 atom stereocenters. The summed E-state index contributed by atoms with van der Waals surface area (Å²) in [4.78, 5) is 20.2. The molecule has 0 unspecified atom stereocenters. The maximum absolute atomic E-state index is 11.8. The van der Waals surface area contributed by atoms with Gasteiger partial charge in [0.1, 0.15) is 5.82 Å². The highest BCUT2D eigenvalue weighted by Crippen LogP contribution is 2.23. The van der Waals surface area contributed by atoms with Crippen LogP contribution < -0.4 is 5.56 Å². The van der Waals surface area contributed by atoms with Crippen LogP contribution in [0.5, 0.6) is 0 Å². The predicted molar refractivity (Wildman–Crippen MR) is 90.7 cm³/mol. The third kappa shape index (κ3) is 4.06. The van der Waals surface area contributed by atoms with Gasteiger partial charge in [-0.15, -0.1) is 11.8 Å². The lowest BCUT2D eigenvalue weighted by atomic mass is 10.3. The van der Waals surface area contributed by atoms with E-state index in [1.54, 1.807) is 11.8 Å². The Bertz CT molecular complexity index is 628. The Morgan fingerprint density at radius 2 is 2.05 bits per heavy atom. The lowest BCUT2D eigenvalue weighted by Crippen LogP contribution is -2.17. The van der Waals surface area contributed by atoms with Crippen molar-refractivity contribution in [1.29, 1.82) is 0 Å². The van der Waals surface area contributed by atoms with E-state index in [4.69, 9.17) is 0 Å². The number of hydrogen-bond acceptors (Lipinski definition) is 3. The summed E-state index contributed by atoms with van der Waals surface area (Å²) < 4.78 is 1.75. The molecule has 0 radical (unpaired) electrons. The molecule has 2 rings (SSSR count). The van der Waals surface area contributed by atoms with Crippen LogP contribution in [0.2, 0.25) is 0 Å². The molecule has 0 aliphatic heterocycles. The van der Waals surface area contributed by atoms with E-state index < -0.39 is 0 Å². The van der Waals surface area contributed by atoms with Gasteiger partial charge in [-0.2, -0.15) is 0 Å². The van der Waals surface area contributed by atoms with Gasteiger partial charge in [0.15, 0.2) is 0 Å². The third-order valence-corrected chi connectivity index (χ3v) is 5.17. The van der Waals surface area contributed by atoms with Crippen LogP contribution in [0.15, 0.2) is 38.4 Å². The molecule has 1 aromatic heterocycles. The number of H-pyrrole nitrogens is 1. The van der Waals surface area contributed by atoms with E-state index in [2.05, 4.69) is 25.9 Å². The zero-order valence-electron chi connectivity index (χ0n) is 10.2. The van der Waals surface area contributed by atoms with Gasteiger partial charge in [-0.05, 0) is 53.3 Å². The molecule has 2 aromatic rings. The summed E-state index contributed by atoms with van der Waals surface area (Å²) in [5.74, 6) is 1.40. The van der Waals surface area contributed by atoms with E-state index in [9.17, 15) is 4.79 Å². The molecule has 0 amide bonds. The minimum atomic E-state index is -0.0427. The van der Waals surface area contributed by atoms with Crippen molar-refractivity contribution in [3.8, 4) is 0 Å². The highest BCUT2D eigenvalue weighted by atomic mass is 127. The Morgan fingerprint density at radius 1 is 1.37 bits per heavy atom. The van der Waals surface area contributed by atoms with Gasteiger partial charge in [0.2, 0.25) is 0 Å². The molecule has 0 aliphatic rings. The van der Waals surface area contributed by atoms with Crippen LogP contribution in [0.1, 0.15) is 18.4 Å². The summed E-state index contributed by atoms with van der Waals surface area (Å²) in [5.41, 5.74) is 0.828. The van der Waals surface area contributed by atoms with Crippen LogP contribution in [0, 0.1) is 3.57 Å². The smallest absolute Gasteiger partial charge is 0.264 e. The van der Waals surface area contributed by atoms with Crippen LogP contribution >= 0.6 is 50.3 Å². The number of aromatic amines is 1. The molecular weight excluding hydrogens is 439 g/mol. The summed E-state index contributed by atoms with van der Waals surface area (Å²) in [7, 11) is 0. The van der Waals surface area contributed by atoms with E-state index in [1.807, 2.05) is 53.8 Å². The second-order valence-corrected chi connectivity index (χ2v) is 6.91. The third-order valence-electron chi connectivity index (χ3n) is 2.50. The van der Waals surface area contributed by atoms with Crippen molar-refractivity contribution >= 4 is 50.3 Å². The largest absolute Gasteiger partial charge is 0.309 e. The number of thioether (sulfide) groups is 1. The Labute approximate surface area is 137 Å². The molecule has 100 valence electrons. The molecule has 0 fully saturated rings. The minimum absolute atomic E-state index is 0.0427. The lowest BCUT2D eigenvalue weighted by molar-refractivity contribution is 0.905. The standard InChI is InChI=1S/C13H12BrIN2OS/c1-2-10-12(15)13(18)17-11(16-10)7-19-9-5-3-8(14)4-6-9/h3-6H,2,7H2,1H3,(H,16,17,18). The van der Waals surface area contributed by atoms with Crippen LogP contribution in [0.3, 0.4) is 0 Å². The first-order valence-corrected chi connectivity index (χ1v) is 8.62. The van der Waals surface area contributed by atoms with Gasteiger partial charge in [-0.25, -0.2) is 4.98 Å².